The fraction of sp³-hybridized carbons (Fsp3) is 0.529. The Balaban J connectivity index is 2.23. The monoisotopic (exact) mass is 383 g/mol. The summed E-state index contributed by atoms with van der Waals surface area (Å²) in [5.41, 5.74) is 0.753. The standard InChI is InChI=1S/C17H25N3O5S/c1-4-18-16(21)13(3)19-17(22)14-6-5-12(2)15(11-14)26(23,24)20-7-9-25-10-8-20/h5-6,11,13H,4,7-10H2,1-3H3,(H,18,21)(H,19,22)/t13-/m1/s1. The number of nitrogens with one attached hydrogen (secondary N) is 2. The van der Waals surface area contributed by atoms with Crippen molar-refractivity contribution in [2.24, 2.45) is 0 Å². The summed E-state index contributed by atoms with van der Waals surface area (Å²) in [5, 5.41) is 5.20. The second kappa shape index (κ2) is 8.61. The molecule has 0 radical (unpaired) electrons. The number of benzene rings is 1. The molecule has 0 unspecified atom stereocenters. The number of rotatable bonds is 6. The van der Waals surface area contributed by atoms with E-state index in [9.17, 15) is 18.0 Å². The average Bonchev–Trinajstić information content (AvgIpc) is 2.62. The van der Waals surface area contributed by atoms with Crippen LogP contribution in [0.15, 0.2) is 23.1 Å². The lowest BCUT2D eigenvalue weighted by Crippen LogP contribution is -2.44. The summed E-state index contributed by atoms with van der Waals surface area (Å²) >= 11 is 0. The molecule has 1 aliphatic rings. The molecule has 1 aromatic carbocycles. The van der Waals surface area contributed by atoms with Crippen molar-refractivity contribution in [2.45, 2.75) is 31.7 Å². The zero-order valence-corrected chi connectivity index (χ0v) is 16.1. The lowest BCUT2D eigenvalue weighted by molar-refractivity contribution is -0.122. The molecule has 1 heterocycles. The average molecular weight is 383 g/mol. The Morgan fingerprint density at radius 1 is 1.27 bits per heavy atom. The molecule has 0 bridgehead atoms. The van der Waals surface area contributed by atoms with Gasteiger partial charge in [-0.2, -0.15) is 4.31 Å². The maximum atomic E-state index is 12.9. The number of carbonyl (C=O) groups excluding carboxylic acids is 2. The van der Waals surface area contributed by atoms with Gasteiger partial charge in [0, 0.05) is 25.2 Å². The first-order valence-electron chi connectivity index (χ1n) is 8.54. The summed E-state index contributed by atoms with van der Waals surface area (Å²) in [7, 11) is -3.71. The lowest BCUT2D eigenvalue weighted by atomic mass is 10.1. The zero-order valence-electron chi connectivity index (χ0n) is 15.2. The molecule has 26 heavy (non-hydrogen) atoms. The van der Waals surface area contributed by atoms with Crippen LogP contribution in [0.5, 0.6) is 0 Å². The Bertz CT molecular complexity index is 773. The molecule has 0 saturated carbocycles. The topological polar surface area (TPSA) is 105 Å². The van der Waals surface area contributed by atoms with Gasteiger partial charge < -0.3 is 15.4 Å². The molecule has 1 aromatic rings. The van der Waals surface area contributed by atoms with E-state index in [-0.39, 0.29) is 29.5 Å². The quantitative estimate of drug-likeness (QED) is 0.734. The number of morpholine rings is 1. The van der Waals surface area contributed by atoms with E-state index in [0.29, 0.717) is 25.3 Å². The van der Waals surface area contributed by atoms with Gasteiger partial charge in [-0.25, -0.2) is 8.42 Å². The van der Waals surface area contributed by atoms with Gasteiger partial charge in [0.25, 0.3) is 5.91 Å². The predicted octanol–water partition coefficient (Wildman–Crippen LogP) is 0.270. The first kappa shape index (κ1) is 20.3. The summed E-state index contributed by atoms with van der Waals surface area (Å²) < 4.78 is 32.3. The van der Waals surface area contributed by atoms with Gasteiger partial charge in [-0.05, 0) is 38.5 Å². The minimum atomic E-state index is -3.71. The number of ether oxygens (including phenoxy) is 1. The minimum Gasteiger partial charge on any atom is -0.379 e. The van der Waals surface area contributed by atoms with Gasteiger partial charge in [-0.3, -0.25) is 9.59 Å². The number of hydrogen-bond donors (Lipinski definition) is 2. The zero-order chi connectivity index (χ0) is 19.3. The van der Waals surface area contributed by atoms with Crippen LogP contribution in [0.25, 0.3) is 0 Å². The Morgan fingerprint density at radius 3 is 2.54 bits per heavy atom. The number of amides is 2. The molecule has 0 aliphatic carbocycles. The minimum absolute atomic E-state index is 0.0951. The number of sulfonamides is 1. The van der Waals surface area contributed by atoms with Gasteiger partial charge in [-0.15, -0.1) is 0 Å². The van der Waals surface area contributed by atoms with Crippen LogP contribution in [0.1, 0.15) is 29.8 Å². The van der Waals surface area contributed by atoms with Crippen molar-refractivity contribution in [3.05, 3.63) is 29.3 Å². The maximum absolute atomic E-state index is 12.9. The maximum Gasteiger partial charge on any atom is 0.251 e. The third-order valence-corrected chi connectivity index (χ3v) is 6.17. The molecule has 0 spiro atoms. The third kappa shape index (κ3) is 4.60. The van der Waals surface area contributed by atoms with Crippen molar-refractivity contribution in [1.29, 1.82) is 0 Å². The van der Waals surface area contributed by atoms with E-state index < -0.39 is 22.0 Å². The molecule has 1 saturated heterocycles. The van der Waals surface area contributed by atoms with Crippen molar-refractivity contribution < 1.29 is 22.7 Å². The molecule has 2 N–H and O–H groups in total. The molecule has 144 valence electrons. The molecule has 1 aliphatic heterocycles. The Labute approximate surface area is 153 Å². The van der Waals surface area contributed by atoms with Gasteiger partial charge in [0.05, 0.1) is 18.1 Å². The Morgan fingerprint density at radius 2 is 1.92 bits per heavy atom. The van der Waals surface area contributed by atoms with E-state index in [0.717, 1.165) is 0 Å². The molecule has 2 rings (SSSR count). The molecular formula is C17H25N3O5S. The molecule has 0 aromatic heterocycles. The van der Waals surface area contributed by atoms with Gasteiger partial charge in [0.2, 0.25) is 15.9 Å². The highest BCUT2D eigenvalue weighted by atomic mass is 32.2. The first-order valence-corrected chi connectivity index (χ1v) is 9.98. The second-order valence-electron chi connectivity index (χ2n) is 6.09. The lowest BCUT2D eigenvalue weighted by Gasteiger charge is -2.26. The molecule has 1 fully saturated rings. The highest BCUT2D eigenvalue weighted by Gasteiger charge is 2.28. The SMILES string of the molecule is CCNC(=O)[C@@H](C)NC(=O)c1ccc(C)c(S(=O)(=O)N2CCOCC2)c1. The normalized spacial score (nSPS) is 16.7. The highest BCUT2D eigenvalue weighted by molar-refractivity contribution is 7.89. The molecule has 8 nitrogen and oxygen atoms in total. The summed E-state index contributed by atoms with van der Waals surface area (Å²) in [6.45, 7) is 6.78. The van der Waals surface area contributed by atoms with Crippen LogP contribution in [-0.2, 0) is 19.6 Å². The first-order chi connectivity index (χ1) is 12.3. The number of hydrogen-bond acceptors (Lipinski definition) is 5. The summed E-state index contributed by atoms with van der Waals surface area (Å²) in [6, 6.07) is 3.79. The number of aryl methyl sites for hydroxylation is 1. The summed E-state index contributed by atoms with van der Waals surface area (Å²) in [5.74, 6) is -0.795. The fourth-order valence-corrected chi connectivity index (χ4v) is 4.28. The highest BCUT2D eigenvalue weighted by Crippen LogP contribution is 2.22. The van der Waals surface area contributed by atoms with Crippen LogP contribution in [-0.4, -0.2) is 63.4 Å². The van der Waals surface area contributed by atoms with Crippen LogP contribution >= 0.6 is 0 Å². The van der Waals surface area contributed by atoms with Crippen LogP contribution in [0, 0.1) is 6.92 Å². The van der Waals surface area contributed by atoms with Crippen molar-refractivity contribution in [3.63, 3.8) is 0 Å². The van der Waals surface area contributed by atoms with Gasteiger partial charge in [0.1, 0.15) is 6.04 Å². The Hall–Kier alpha value is -1.97. The van der Waals surface area contributed by atoms with Crippen LogP contribution in [0.4, 0.5) is 0 Å². The predicted molar refractivity (Wildman–Crippen MR) is 96.4 cm³/mol. The van der Waals surface area contributed by atoms with Crippen LogP contribution < -0.4 is 10.6 Å². The van der Waals surface area contributed by atoms with E-state index in [2.05, 4.69) is 10.6 Å². The number of nitrogens with zero attached hydrogens (tertiary/aromatic N) is 1. The summed E-state index contributed by atoms with van der Waals surface area (Å²) in [6.07, 6.45) is 0. The molecule has 1 atom stereocenters. The Kier molecular flexibility index (Phi) is 6.74. The smallest absolute Gasteiger partial charge is 0.251 e. The van der Waals surface area contributed by atoms with Crippen molar-refractivity contribution >= 4 is 21.8 Å². The third-order valence-electron chi connectivity index (χ3n) is 4.13. The van der Waals surface area contributed by atoms with Crippen molar-refractivity contribution in [1.82, 2.24) is 14.9 Å². The van der Waals surface area contributed by atoms with Gasteiger partial charge in [-0.1, -0.05) is 6.07 Å². The molecule has 2 amide bonds. The van der Waals surface area contributed by atoms with Gasteiger partial charge >= 0.3 is 0 Å². The van der Waals surface area contributed by atoms with E-state index in [4.69, 9.17) is 4.74 Å². The van der Waals surface area contributed by atoms with E-state index in [1.54, 1.807) is 32.9 Å². The van der Waals surface area contributed by atoms with Crippen LogP contribution in [0.3, 0.4) is 0 Å². The molecule has 9 heteroatoms. The van der Waals surface area contributed by atoms with E-state index in [1.165, 1.54) is 10.4 Å². The second-order valence-corrected chi connectivity index (χ2v) is 7.99. The van der Waals surface area contributed by atoms with Crippen molar-refractivity contribution in [3.8, 4) is 0 Å². The molecular weight excluding hydrogens is 358 g/mol. The number of likely N-dealkylation sites (N-methyl/N-ethyl adjacent to an activating group) is 1. The fourth-order valence-electron chi connectivity index (χ4n) is 2.62. The largest absolute Gasteiger partial charge is 0.379 e. The van der Waals surface area contributed by atoms with E-state index >= 15 is 0 Å². The van der Waals surface area contributed by atoms with E-state index in [1.807, 2.05) is 0 Å². The summed E-state index contributed by atoms with van der Waals surface area (Å²) in [4.78, 5) is 24.3. The van der Waals surface area contributed by atoms with Crippen LogP contribution in [0.2, 0.25) is 0 Å². The van der Waals surface area contributed by atoms with Gasteiger partial charge in [0.15, 0.2) is 0 Å². The number of carbonyl (C=O) groups is 2. The van der Waals surface area contributed by atoms with Crippen molar-refractivity contribution in [2.75, 3.05) is 32.8 Å².